The van der Waals surface area contributed by atoms with E-state index in [1.807, 2.05) is 13.8 Å². The molecule has 0 saturated carbocycles. The van der Waals surface area contributed by atoms with Crippen LogP contribution in [0.1, 0.15) is 30.6 Å². The monoisotopic (exact) mass is 364 g/mol. The van der Waals surface area contributed by atoms with Crippen molar-refractivity contribution in [3.8, 4) is 12.3 Å². The minimum Gasteiger partial charge on any atom is -0.454 e. The molecule has 1 aromatic carbocycles. The third kappa shape index (κ3) is 7.73. The number of halogens is 1. The zero-order valence-electron chi connectivity index (χ0n) is 14.2. The van der Waals surface area contributed by atoms with Gasteiger partial charge in [-0.1, -0.05) is 31.4 Å². The average Bonchev–Trinajstić information content (AvgIpc) is 2.57. The third-order valence-electron chi connectivity index (χ3n) is 3.14. The van der Waals surface area contributed by atoms with Crippen LogP contribution in [0.2, 0.25) is 5.02 Å². The minimum absolute atomic E-state index is 0.0547. The summed E-state index contributed by atoms with van der Waals surface area (Å²) in [6.07, 6.45) is 5.41. The molecule has 134 valence electrons. The number of carbonyl (C=O) groups is 3. The molecule has 0 aliphatic carbocycles. The lowest BCUT2D eigenvalue weighted by atomic mass is 10.0. The number of benzene rings is 1. The highest BCUT2D eigenvalue weighted by Gasteiger charge is 2.24. The number of rotatable bonds is 8. The molecule has 2 N–H and O–H groups in total. The van der Waals surface area contributed by atoms with Crippen LogP contribution >= 0.6 is 11.6 Å². The highest BCUT2D eigenvalue weighted by Crippen LogP contribution is 2.11. The van der Waals surface area contributed by atoms with Gasteiger partial charge in [0.2, 0.25) is 0 Å². The summed E-state index contributed by atoms with van der Waals surface area (Å²) in [6.45, 7) is 3.42. The van der Waals surface area contributed by atoms with E-state index in [-0.39, 0.29) is 12.5 Å². The second-order valence-electron chi connectivity index (χ2n) is 5.75. The molecule has 2 amide bonds. The van der Waals surface area contributed by atoms with E-state index in [1.54, 1.807) is 24.3 Å². The van der Waals surface area contributed by atoms with Gasteiger partial charge in [0.1, 0.15) is 6.04 Å². The predicted molar refractivity (Wildman–Crippen MR) is 95.0 cm³/mol. The molecule has 0 unspecified atom stereocenters. The van der Waals surface area contributed by atoms with Crippen molar-refractivity contribution in [3.05, 3.63) is 34.9 Å². The lowest BCUT2D eigenvalue weighted by Crippen LogP contribution is -2.43. The van der Waals surface area contributed by atoms with Gasteiger partial charge >= 0.3 is 5.97 Å². The Morgan fingerprint density at radius 2 is 1.88 bits per heavy atom. The first kappa shape index (κ1) is 20.5. The Morgan fingerprint density at radius 1 is 1.24 bits per heavy atom. The number of carbonyl (C=O) groups excluding carboxylic acids is 3. The molecule has 0 aliphatic heterocycles. The van der Waals surface area contributed by atoms with Crippen molar-refractivity contribution in [2.45, 2.75) is 26.3 Å². The minimum atomic E-state index is -0.858. The second-order valence-corrected chi connectivity index (χ2v) is 6.19. The molecule has 7 heteroatoms. The SMILES string of the molecule is C#CCNC(=O)COC(=O)[C@H](CC(C)C)NC(=O)c1ccc(Cl)cc1. The van der Waals surface area contributed by atoms with E-state index in [0.717, 1.165) is 0 Å². The van der Waals surface area contributed by atoms with Gasteiger partial charge in [0, 0.05) is 10.6 Å². The van der Waals surface area contributed by atoms with Gasteiger partial charge in [-0.3, -0.25) is 9.59 Å². The van der Waals surface area contributed by atoms with Gasteiger partial charge in [-0.15, -0.1) is 6.42 Å². The first-order chi connectivity index (χ1) is 11.8. The summed E-state index contributed by atoms with van der Waals surface area (Å²) < 4.78 is 4.96. The summed E-state index contributed by atoms with van der Waals surface area (Å²) in [7, 11) is 0. The van der Waals surface area contributed by atoms with Crippen molar-refractivity contribution >= 4 is 29.4 Å². The number of ether oxygens (including phenoxy) is 1. The van der Waals surface area contributed by atoms with Gasteiger partial charge in [-0.05, 0) is 36.6 Å². The van der Waals surface area contributed by atoms with Crippen LogP contribution in [0.25, 0.3) is 0 Å². The summed E-state index contributed by atoms with van der Waals surface area (Å²) >= 11 is 5.79. The lowest BCUT2D eigenvalue weighted by Gasteiger charge is -2.19. The lowest BCUT2D eigenvalue weighted by molar-refractivity contribution is -0.150. The summed E-state index contributed by atoms with van der Waals surface area (Å²) in [6, 6.07) is 5.43. The summed E-state index contributed by atoms with van der Waals surface area (Å²) in [5.41, 5.74) is 0.373. The maximum Gasteiger partial charge on any atom is 0.329 e. The van der Waals surface area contributed by atoms with E-state index in [1.165, 1.54) is 0 Å². The molecule has 6 nitrogen and oxygen atoms in total. The van der Waals surface area contributed by atoms with Crippen LogP contribution < -0.4 is 10.6 Å². The zero-order chi connectivity index (χ0) is 18.8. The van der Waals surface area contributed by atoms with Gasteiger partial charge in [0.25, 0.3) is 11.8 Å². The van der Waals surface area contributed by atoms with Gasteiger partial charge < -0.3 is 15.4 Å². The van der Waals surface area contributed by atoms with Crippen molar-refractivity contribution < 1.29 is 19.1 Å². The van der Waals surface area contributed by atoms with Gasteiger partial charge in [0.05, 0.1) is 6.54 Å². The largest absolute Gasteiger partial charge is 0.454 e. The maximum absolute atomic E-state index is 12.3. The number of hydrogen-bond donors (Lipinski definition) is 2. The summed E-state index contributed by atoms with van der Waals surface area (Å²) in [4.78, 5) is 35.9. The Hall–Kier alpha value is -2.52. The molecule has 0 aromatic heterocycles. The van der Waals surface area contributed by atoms with Crippen molar-refractivity contribution in [2.75, 3.05) is 13.2 Å². The quantitative estimate of drug-likeness (QED) is 0.544. The number of hydrogen-bond acceptors (Lipinski definition) is 4. The Kier molecular flexibility index (Phi) is 8.51. The summed E-state index contributed by atoms with van der Waals surface area (Å²) in [5, 5.41) is 5.52. The highest BCUT2D eigenvalue weighted by molar-refractivity contribution is 6.30. The number of amides is 2. The number of nitrogens with one attached hydrogen (secondary N) is 2. The molecule has 0 aliphatic rings. The first-order valence-corrected chi connectivity index (χ1v) is 8.14. The van der Waals surface area contributed by atoms with Crippen LogP contribution in [0.5, 0.6) is 0 Å². The van der Waals surface area contributed by atoms with E-state index >= 15 is 0 Å². The molecular formula is C18H21ClN2O4. The fourth-order valence-corrected chi connectivity index (χ4v) is 2.09. The Labute approximate surface area is 152 Å². The Balaban J connectivity index is 2.67. The molecule has 1 atom stereocenters. The van der Waals surface area contributed by atoms with Crippen LogP contribution in [0.3, 0.4) is 0 Å². The molecule has 1 rings (SSSR count). The van der Waals surface area contributed by atoms with Crippen molar-refractivity contribution in [1.82, 2.24) is 10.6 Å². The van der Waals surface area contributed by atoms with Crippen LogP contribution in [-0.4, -0.2) is 37.0 Å². The van der Waals surface area contributed by atoms with Crippen molar-refractivity contribution in [3.63, 3.8) is 0 Å². The van der Waals surface area contributed by atoms with Crippen LogP contribution in [0, 0.1) is 18.3 Å². The fourth-order valence-electron chi connectivity index (χ4n) is 1.97. The van der Waals surface area contributed by atoms with Crippen molar-refractivity contribution in [1.29, 1.82) is 0 Å². The van der Waals surface area contributed by atoms with E-state index in [2.05, 4.69) is 16.6 Å². The van der Waals surface area contributed by atoms with Crippen molar-refractivity contribution in [2.24, 2.45) is 5.92 Å². The predicted octanol–water partition coefficient (Wildman–Crippen LogP) is 1.78. The van der Waals surface area contributed by atoms with Crippen LogP contribution in [0.4, 0.5) is 0 Å². The zero-order valence-corrected chi connectivity index (χ0v) is 14.9. The maximum atomic E-state index is 12.3. The van der Waals surface area contributed by atoms with E-state index in [4.69, 9.17) is 22.8 Å². The fraction of sp³-hybridized carbons (Fsp3) is 0.389. The number of esters is 1. The molecule has 0 spiro atoms. The molecule has 25 heavy (non-hydrogen) atoms. The van der Waals surface area contributed by atoms with E-state index in [0.29, 0.717) is 17.0 Å². The molecular weight excluding hydrogens is 344 g/mol. The highest BCUT2D eigenvalue weighted by atomic mass is 35.5. The van der Waals surface area contributed by atoms with Gasteiger partial charge in [0.15, 0.2) is 6.61 Å². The first-order valence-electron chi connectivity index (χ1n) is 7.76. The van der Waals surface area contributed by atoms with Crippen LogP contribution in [-0.2, 0) is 14.3 Å². The van der Waals surface area contributed by atoms with Gasteiger partial charge in [-0.25, -0.2) is 4.79 Å². The normalized spacial score (nSPS) is 11.3. The topological polar surface area (TPSA) is 84.5 Å². The third-order valence-corrected chi connectivity index (χ3v) is 3.39. The number of terminal acetylenes is 1. The average molecular weight is 365 g/mol. The standard InChI is InChI=1S/C18H21ClN2O4/c1-4-9-20-16(22)11-25-18(24)15(10-12(2)3)21-17(23)13-5-7-14(19)8-6-13/h1,5-8,12,15H,9-11H2,2-3H3,(H,20,22)(H,21,23)/t15-/m0/s1. The molecule has 0 saturated heterocycles. The second kappa shape index (κ2) is 10.4. The van der Waals surface area contributed by atoms with Gasteiger partial charge in [-0.2, -0.15) is 0 Å². The van der Waals surface area contributed by atoms with E-state index in [9.17, 15) is 14.4 Å². The molecule has 1 aromatic rings. The van der Waals surface area contributed by atoms with E-state index < -0.39 is 30.4 Å². The Bertz CT molecular complexity index is 650. The Morgan fingerprint density at radius 3 is 2.44 bits per heavy atom. The smallest absolute Gasteiger partial charge is 0.329 e. The molecule has 0 heterocycles. The molecule has 0 fully saturated rings. The summed E-state index contributed by atoms with van der Waals surface area (Å²) in [5.74, 6) is 0.786. The van der Waals surface area contributed by atoms with Crippen LogP contribution in [0.15, 0.2) is 24.3 Å². The molecule has 0 bridgehead atoms. The molecule has 0 radical (unpaired) electrons.